The molecule has 0 saturated carbocycles. The van der Waals surface area contributed by atoms with E-state index in [4.69, 9.17) is 0 Å². The van der Waals surface area contributed by atoms with Crippen LogP contribution in [-0.2, 0) is 24.0 Å². The maximum absolute atomic E-state index is 11.8. The molecule has 0 radical (unpaired) electrons. The second kappa shape index (κ2) is 14.2. The SMILES string of the molecule is CCCCCCCCC=CCCCCCC(C(=O)O)(C(=O)O)C(C(=O)O)(C(=O)O)C(=O)O. The molecule has 0 atom stereocenters. The number of unbranched alkanes of at least 4 members (excludes halogenated alkanes) is 9. The normalized spacial score (nSPS) is 12.0. The van der Waals surface area contributed by atoms with E-state index >= 15 is 0 Å². The van der Waals surface area contributed by atoms with E-state index in [1.807, 2.05) is 12.2 Å². The summed E-state index contributed by atoms with van der Waals surface area (Å²) in [6.45, 7) is 2.16. The van der Waals surface area contributed by atoms with Crippen molar-refractivity contribution < 1.29 is 49.5 Å². The molecule has 10 nitrogen and oxygen atoms in total. The number of carbonyl (C=O) groups is 5. The first-order valence-electron chi connectivity index (χ1n) is 10.8. The first-order valence-corrected chi connectivity index (χ1v) is 10.8. The number of carboxylic acids is 5. The number of allylic oxidation sites excluding steroid dienone is 2. The van der Waals surface area contributed by atoms with Crippen molar-refractivity contribution in [2.24, 2.45) is 10.8 Å². The second-order valence-corrected chi connectivity index (χ2v) is 7.81. The fourth-order valence-corrected chi connectivity index (χ4v) is 3.74. The Morgan fingerprint density at radius 1 is 0.562 bits per heavy atom. The van der Waals surface area contributed by atoms with E-state index in [0.717, 1.165) is 19.3 Å². The Morgan fingerprint density at radius 2 is 0.938 bits per heavy atom. The molecule has 32 heavy (non-hydrogen) atoms. The quantitative estimate of drug-likeness (QED) is 0.109. The van der Waals surface area contributed by atoms with Crippen LogP contribution in [0.15, 0.2) is 12.2 Å². The van der Waals surface area contributed by atoms with Crippen molar-refractivity contribution in [2.45, 2.75) is 84.0 Å². The summed E-state index contributed by atoms with van der Waals surface area (Å²) in [7, 11) is 0. The first kappa shape index (κ1) is 29.1. The Bertz CT molecular complexity index is 645. The molecule has 0 spiro atoms. The third-order valence-corrected chi connectivity index (χ3v) is 5.65. The van der Waals surface area contributed by atoms with Gasteiger partial charge in [-0.1, -0.05) is 64.0 Å². The Labute approximate surface area is 186 Å². The van der Waals surface area contributed by atoms with E-state index in [-0.39, 0.29) is 12.8 Å². The molecule has 0 aromatic carbocycles. The number of aliphatic carboxylic acids is 5. The van der Waals surface area contributed by atoms with Gasteiger partial charge >= 0.3 is 29.8 Å². The summed E-state index contributed by atoms with van der Waals surface area (Å²) in [6.07, 6.45) is 12.4. The topological polar surface area (TPSA) is 186 Å². The zero-order chi connectivity index (χ0) is 24.8. The van der Waals surface area contributed by atoms with E-state index in [2.05, 4.69) is 6.92 Å². The van der Waals surface area contributed by atoms with Gasteiger partial charge in [0.2, 0.25) is 5.41 Å². The van der Waals surface area contributed by atoms with Gasteiger partial charge in [-0.05, 0) is 32.1 Å². The average Bonchev–Trinajstić information content (AvgIpc) is 2.69. The van der Waals surface area contributed by atoms with E-state index in [1.165, 1.54) is 25.7 Å². The summed E-state index contributed by atoms with van der Waals surface area (Å²) in [5, 5.41) is 46.9. The lowest BCUT2D eigenvalue weighted by Crippen LogP contribution is -2.65. The molecule has 0 aliphatic heterocycles. The molecule has 182 valence electrons. The third-order valence-electron chi connectivity index (χ3n) is 5.65. The van der Waals surface area contributed by atoms with Crippen molar-refractivity contribution in [3.63, 3.8) is 0 Å². The first-order chi connectivity index (χ1) is 15.0. The lowest BCUT2D eigenvalue weighted by atomic mass is 9.60. The summed E-state index contributed by atoms with van der Waals surface area (Å²) in [5.41, 5.74) is -7.63. The fraction of sp³-hybridized carbons (Fsp3) is 0.682. The van der Waals surface area contributed by atoms with Gasteiger partial charge in [0, 0.05) is 0 Å². The molecule has 0 aromatic heterocycles. The molecular weight excluding hydrogens is 424 g/mol. The second-order valence-electron chi connectivity index (χ2n) is 7.81. The van der Waals surface area contributed by atoms with Gasteiger partial charge < -0.3 is 25.5 Å². The van der Waals surface area contributed by atoms with Crippen LogP contribution in [0.1, 0.15) is 84.0 Å². The monoisotopic (exact) mass is 458 g/mol. The molecule has 5 N–H and O–H groups in total. The molecular formula is C22H34O10. The van der Waals surface area contributed by atoms with Crippen molar-refractivity contribution >= 4 is 29.8 Å². The van der Waals surface area contributed by atoms with E-state index in [0.29, 0.717) is 12.8 Å². The van der Waals surface area contributed by atoms with Crippen LogP contribution < -0.4 is 0 Å². The highest BCUT2D eigenvalue weighted by atomic mass is 16.4. The number of hydrogen-bond acceptors (Lipinski definition) is 5. The lowest BCUT2D eigenvalue weighted by Gasteiger charge is -2.35. The summed E-state index contributed by atoms with van der Waals surface area (Å²) in [5.74, 6) is -12.3. The van der Waals surface area contributed by atoms with Crippen LogP contribution >= 0.6 is 0 Å². The van der Waals surface area contributed by atoms with Gasteiger partial charge in [-0.15, -0.1) is 0 Å². The smallest absolute Gasteiger partial charge is 0.334 e. The van der Waals surface area contributed by atoms with Gasteiger partial charge in [0.05, 0.1) is 0 Å². The van der Waals surface area contributed by atoms with Gasteiger partial charge in [0.25, 0.3) is 5.41 Å². The Morgan fingerprint density at radius 3 is 1.31 bits per heavy atom. The van der Waals surface area contributed by atoms with Gasteiger partial charge in [0.15, 0.2) is 0 Å². The van der Waals surface area contributed by atoms with Gasteiger partial charge in [-0.2, -0.15) is 0 Å². The summed E-state index contributed by atoms with van der Waals surface area (Å²) >= 11 is 0. The lowest BCUT2D eigenvalue weighted by molar-refractivity contribution is -0.203. The van der Waals surface area contributed by atoms with Crippen LogP contribution in [0.4, 0.5) is 0 Å². The maximum atomic E-state index is 11.8. The van der Waals surface area contributed by atoms with Crippen LogP contribution in [0, 0.1) is 10.8 Å². The average molecular weight is 459 g/mol. The largest absolute Gasteiger partial charge is 0.480 e. The Balaban J connectivity index is 4.97. The highest BCUT2D eigenvalue weighted by Gasteiger charge is 2.76. The molecule has 0 aliphatic rings. The molecule has 0 bridgehead atoms. The molecule has 0 amide bonds. The predicted molar refractivity (Wildman–Crippen MR) is 113 cm³/mol. The third kappa shape index (κ3) is 6.80. The van der Waals surface area contributed by atoms with Crippen molar-refractivity contribution in [3.05, 3.63) is 12.2 Å². The Kier molecular flexibility index (Phi) is 12.9. The van der Waals surface area contributed by atoms with Gasteiger partial charge in [-0.3, -0.25) is 24.0 Å². The van der Waals surface area contributed by atoms with E-state index < -0.39 is 47.1 Å². The zero-order valence-corrected chi connectivity index (χ0v) is 18.4. The minimum atomic E-state index is -4.07. The fourth-order valence-electron chi connectivity index (χ4n) is 3.74. The number of carboxylic acid groups (broad SMARTS) is 5. The summed E-state index contributed by atoms with van der Waals surface area (Å²) in [4.78, 5) is 58.4. The molecule has 0 aromatic rings. The van der Waals surface area contributed by atoms with Gasteiger partial charge in [-0.25, -0.2) is 0 Å². The van der Waals surface area contributed by atoms with Crippen LogP contribution in [0.5, 0.6) is 0 Å². The summed E-state index contributed by atoms with van der Waals surface area (Å²) in [6, 6.07) is 0. The molecule has 0 unspecified atom stereocenters. The number of rotatable bonds is 19. The van der Waals surface area contributed by atoms with Crippen LogP contribution in [-0.4, -0.2) is 55.4 Å². The zero-order valence-electron chi connectivity index (χ0n) is 18.4. The molecule has 0 aliphatic carbocycles. The van der Waals surface area contributed by atoms with Crippen molar-refractivity contribution in [1.82, 2.24) is 0 Å². The van der Waals surface area contributed by atoms with Crippen LogP contribution in [0.3, 0.4) is 0 Å². The van der Waals surface area contributed by atoms with Crippen LogP contribution in [0.2, 0.25) is 0 Å². The standard InChI is InChI=1S/C22H34O10/c1-2-3-4-5-6-7-8-9-10-11-12-13-14-15-21(16(23)24,17(25)26)22(18(27)28,19(29)30)20(31)32/h9-10H,2-8,11-15H2,1H3,(H,23,24)(H,25,26)(H,27,28)(H,29,30)(H,31,32). The van der Waals surface area contributed by atoms with Crippen molar-refractivity contribution in [3.8, 4) is 0 Å². The minimum absolute atomic E-state index is 0.167. The van der Waals surface area contributed by atoms with Gasteiger partial charge in [0.1, 0.15) is 0 Å². The molecule has 0 saturated heterocycles. The molecule has 0 heterocycles. The van der Waals surface area contributed by atoms with Crippen LogP contribution in [0.25, 0.3) is 0 Å². The maximum Gasteiger partial charge on any atom is 0.334 e. The molecule has 0 rings (SSSR count). The molecule has 10 heteroatoms. The summed E-state index contributed by atoms with van der Waals surface area (Å²) < 4.78 is 0. The highest BCUT2D eigenvalue weighted by molar-refractivity contribution is 6.24. The Hall–Kier alpha value is -2.91. The van der Waals surface area contributed by atoms with Crippen molar-refractivity contribution in [2.75, 3.05) is 0 Å². The van der Waals surface area contributed by atoms with E-state index in [1.54, 1.807) is 0 Å². The number of hydrogen-bond donors (Lipinski definition) is 5. The predicted octanol–water partition coefficient (Wildman–Crippen LogP) is 3.64. The van der Waals surface area contributed by atoms with E-state index in [9.17, 15) is 49.5 Å². The minimum Gasteiger partial charge on any atom is -0.480 e. The highest BCUT2D eigenvalue weighted by Crippen LogP contribution is 2.46. The molecule has 0 fully saturated rings. The van der Waals surface area contributed by atoms with Crippen molar-refractivity contribution in [1.29, 1.82) is 0 Å².